The molecule has 10 heteroatoms. The number of aliphatic hydroxyl groups is 1. The Kier molecular flexibility index (Phi) is 6.67. The van der Waals surface area contributed by atoms with Crippen LogP contribution in [-0.2, 0) is 14.8 Å². The third-order valence-electron chi connectivity index (χ3n) is 7.75. The predicted molar refractivity (Wildman–Crippen MR) is 133 cm³/mol. The number of sulfonamides is 1. The number of rotatable bonds is 6. The van der Waals surface area contributed by atoms with Gasteiger partial charge in [0.1, 0.15) is 11.8 Å². The van der Waals surface area contributed by atoms with Crippen molar-refractivity contribution in [3.63, 3.8) is 0 Å². The molecule has 8 nitrogen and oxygen atoms in total. The average molecular weight is 520 g/mol. The molecule has 2 fully saturated rings. The highest BCUT2D eigenvalue weighted by atomic mass is 35.5. The van der Waals surface area contributed by atoms with Crippen molar-refractivity contribution < 1.29 is 23.1 Å². The van der Waals surface area contributed by atoms with Gasteiger partial charge in [-0.15, -0.1) is 0 Å². The zero-order valence-electron chi connectivity index (χ0n) is 19.6. The lowest BCUT2D eigenvalue weighted by Gasteiger charge is -2.34. The Morgan fingerprint density at radius 1 is 1.29 bits per heavy atom. The molecule has 188 valence electrons. The van der Waals surface area contributed by atoms with E-state index in [1.54, 1.807) is 18.2 Å². The van der Waals surface area contributed by atoms with Crippen molar-refractivity contribution in [3.05, 3.63) is 41.6 Å². The maximum absolute atomic E-state index is 13.5. The summed E-state index contributed by atoms with van der Waals surface area (Å²) in [5.74, 6) is 1.72. The fraction of sp³-hybridized carbons (Fsp3) is 0.520. The number of ether oxygens (including phenoxy) is 1. The molecule has 2 N–H and O–H groups in total. The first kappa shape index (κ1) is 24.3. The topological polar surface area (TPSA) is 109 Å². The Morgan fingerprint density at radius 3 is 2.71 bits per heavy atom. The Balaban J connectivity index is 1.39. The maximum atomic E-state index is 13.5. The van der Waals surface area contributed by atoms with Crippen LogP contribution in [-0.4, -0.2) is 43.7 Å². The molecule has 5 rings (SSSR count). The Morgan fingerprint density at radius 2 is 2.03 bits per heavy atom. The van der Waals surface area contributed by atoms with E-state index in [1.165, 1.54) is 37.6 Å². The van der Waals surface area contributed by atoms with Gasteiger partial charge in [-0.2, -0.15) is 0 Å². The second-order valence-corrected chi connectivity index (χ2v) is 12.2. The number of nitrogens with zero attached hydrogens (tertiary/aromatic N) is 2. The summed E-state index contributed by atoms with van der Waals surface area (Å²) in [5, 5.41) is 12.9. The van der Waals surface area contributed by atoms with Crippen molar-refractivity contribution >= 4 is 38.9 Å². The minimum absolute atomic E-state index is 0.0179. The van der Waals surface area contributed by atoms with Gasteiger partial charge in [0.15, 0.2) is 0 Å². The number of hydrogen-bond acceptors (Lipinski definition) is 6. The van der Waals surface area contributed by atoms with E-state index in [2.05, 4.69) is 10.3 Å². The van der Waals surface area contributed by atoms with Crippen LogP contribution in [0.25, 0.3) is 0 Å². The normalized spacial score (nSPS) is 26.5. The molecule has 1 aromatic carbocycles. The van der Waals surface area contributed by atoms with Gasteiger partial charge in [-0.05, 0) is 54.9 Å². The van der Waals surface area contributed by atoms with Gasteiger partial charge in [0.2, 0.25) is 11.8 Å². The number of benzene rings is 1. The lowest BCUT2D eigenvalue weighted by atomic mass is 9.89. The van der Waals surface area contributed by atoms with Gasteiger partial charge in [0.25, 0.3) is 10.0 Å². The van der Waals surface area contributed by atoms with Crippen molar-refractivity contribution in [1.29, 1.82) is 0 Å². The van der Waals surface area contributed by atoms with Crippen LogP contribution in [0.15, 0.2) is 41.4 Å². The van der Waals surface area contributed by atoms with Gasteiger partial charge in [-0.1, -0.05) is 43.9 Å². The molecule has 0 spiro atoms. The van der Waals surface area contributed by atoms with Crippen molar-refractivity contribution in [2.24, 2.45) is 23.7 Å². The largest absolute Gasteiger partial charge is 0.468 e. The van der Waals surface area contributed by atoms with Crippen LogP contribution in [0.3, 0.4) is 0 Å². The zero-order chi connectivity index (χ0) is 24.7. The van der Waals surface area contributed by atoms with Crippen LogP contribution < -0.4 is 14.4 Å². The van der Waals surface area contributed by atoms with Crippen LogP contribution in [0.5, 0.6) is 5.88 Å². The van der Waals surface area contributed by atoms with E-state index in [1.807, 2.05) is 6.92 Å². The van der Waals surface area contributed by atoms with Crippen LogP contribution in [0.1, 0.15) is 39.0 Å². The first-order valence-electron chi connectivity index (χ1n) is 12.1. The molecular weight excluding hydrogens is 490 g/mol. The molecule has 0 saturated heterocycles. The highest BCUT2D eigenvalue weighted by Gasteiger charge is 2.41. The molecule has 1 aromatic heterocycles. The molecule has 35 heavy (non-hydrogen) atoms. The number of pyridine rings is 1. The number of aromatic nitrogens is 1. The molecule has 2 unspecified atom stereocenters. The smallest absolute Gasteiger partial charge is 0.264 e. The Labute approximate surface area is 210 Å². The fourth-order valence-electron chi connectivity index (χ4n) is 5.82. The Hall–Kier alpha value is -2.36. The first-order valence-corrected chi connectivity index (χ1v) is 13.9. The summed E-state index contributed by atoms with van der Waals surface area (Å²) in [6.07, 6.45) is 6.74. The van der Waals surface area contributed by atoms with Gasteiger partial charge in [0, 0.05) is 10.9 Å². The first-order chi connectivity index (χ1) is 16.8. The number of fused-ring (bicyclic) bond motifs is 2. The highest BCUT2D eigenvalue weighted by molar-refractivity contribution is 7.92. The monoisotopic (exact) mass is 519 g/mol. The van der Waals surface area contributed by atoms with Gasteiger partial charge in [-0.25, -0.2) is 13.4 Å². The molecule has 2 aromatic rings. The molecule has 2 heterocycles. The van der Waals surface area contributed by atoms with Crippen molar-refractivity contribution in [3.8, 4) is 5.88 Å². The second kappa shape index (κ2) is 9.59. The third kappa shape index (κ3) is 4.73. The summed E-state index contributed by atoms with van der Waals surface area (Å²) in [7, 11) is -4.02. The van der Waals surface area contributed by atoms with E-state index in [0.29, 0.717) is 16.6 Å². The standard InChI is InChI=1S/C25H30ClN3O5S/c1-15(18-8-16-4-2-5-17(16)9-18)24(31)28-20-11-23-25(27-12-20)34-21(14-30)13-29(23)35(32,33)22-7-3-6-19(26)10-22/h3,6-7,10-12,15-18,21,30H,2,4-5,8-9,13-14H2,1H3,(H,28,31)/t15-,16+,17?,18?,21+/m0/s1. The molecule has 0 bridgehead atoms. The average Bonchev–Trinajstić information content (AvgIpc) is 3.45. The summed E-state index contributed by atoms with van der Waals surface area (Å²) in [6, 6.07) is 7.55. The van der Waals surface area contributed by atoms with E-state index in [4.69, 9.17) is 16.3 Å². The molecule has 1 aliphatic heterocycles. The number of carbonyl (C=O) groups is 1. The molecule has 5 atom stereocenters. The summed E-state index contributed by atoms with van der Waals surface area (Å²) in [5.41, 5.74) is 0.603. The molecule has 1 amide bonds. The summed E-state index contributed by atoms with van der Waals surface area (Å²) >= 11 is 6.04. The van der Waals surface area contributed by atoms with E-state index in [0.717, 1.165) is 29.0 Å². The quantitative estimate of drug-likeness (QED) is 0.595. The Bertz CT molecular complexity index is 1210. The zero-order valence-corrected chi connectivity index (χ0v) is 21.1. The van der Waals surface area contributed by atoms with Crippen LogP contribution in [0.2, 0.25) is 5.02 Å². The van der Waals surface area contributed by atoms with Crippen molar-refractivity contribution in [2.75, 3.05) is 22.8 Å². The van der Waals surface area contributed by atoms with E-state index < -0.39 is 16.1 Å². The lowest BCUT2D eigenvalue weighted by molar-refractivity contribution is -0.120. The molecule has 3 aliphatic rings. The molecule has 2 aliphatic carbocycles. The van der Waals surface area contributed by atoms with Crippen molar-refractivity contribution in [2.45, 2.75) is 50.0 Å². The van der Waals surface area contributed by atoms with Crippen LogP contribution in [0.4, 0.5) is 11.4 Å². The number of halogens is 1. The van der Waals surface area contributed by atoms with E-state index >= 15 is 0 Å². The SMILES string of the molecule is C[C@H](C(=O)Nc1cnc2c(c1)N(S(=O)(=O)c1cccc(Cl)c1)C[C@H](CO)O2)C1CC2CCC[C@@H]2C1. The number of carbonyl (C=O) groups excluding carboxylic acids is 1. The van der Waals surface area contributed by atoms with Crippen molar-refractivity contribution in [1.82, 2.24) is 4.98 Å². The third-order valence-corrected chi connectivity index (χ3v) is 9.76. The van der Waals surface area contributed by atoms with Crippen LogP contribution >= 0.6 is 11.6 Å². The number of hydrogen-bond donors (Lipinski definition) is 2. The predicted octanol–water partition coefficient (Wildman–Crippen LogP) is 4.08. The summed E-state index contributed by atoms with van der Waals surface area (Å²) < 4.78 is 33.8. The second-order valence-electron chi connectivity index (χ2n) is 9.92. The fourth-order valence-corrected chi connectivity index (χ4v) is 7.61. The van der Waals surface area contributed by atoms with Crippen LogP contribution in [0, 0.1) is 23.7 Å². The number of anilines is 2. The van der Waals surface area contributed by atoms with Gasteiger partial charge < -0.3 is 15.2 Å². The lowest BCUT2D eigenvalue weighted by Crippen LogP contribution is -2.45. The molecular formula is C25H30ClN3O5S. The molecule has 0 radical (unpaired) electrons. The van der Waals surface area contributed by atoms with E-state index in [9.17, 15) is 18.3 Å². The maximum Gasteiger partial charge on any atom is 0.264 e. The van der Waals surface area contributed by atoms with Gasteiger partial charge in [-0.3, -0.25) is 9.10 Å². The van der Waals surface area contributed by atoms with Gasteiger partial charge >= 0.3 is 0 Å². The number of aliphatic hydroxyl groups excluding tert-OH is 1. The van der Waals surface area contributed by atoms with Gasteiger partial charge in [0.05, 0.1) is 29.9 Å². The minimum Gasteiger partial charge on any atom is -0.468 e. The summed E-state index contributed by atoms with van der Waals surface area (Å²) in [4.78, 5) is 17.4. The number of nitrogens with one attached hydrogen (secondary N) is 1. The number of amides is 1. The summed E-state index contributed by atoms with van der Waals surface area (Å²) in [6.45, 7) is 1.50. The van der Waals surface area contributed by atoms with E-state index in [-0.39, 0.29) is 41.4 Å². The highest BCUT2D eigenvalue weighted by Crippen LogP contribution is 2.49. The minimum atomic E-state index is -4.02. The molecule has 2 saturated carbocycles.